The molecule has 2 aromatic rings. The Bertz CT molecular complexity index is 917. The summed E-state index contributed by atoms with van der Waals surface area (Å²) in [5, 5.41) is 0. The third kappa shape index (κ3) is 4.51. The van der Waals surface area contributed by atoms with E-state index in [1.54, 1.807) is 37.3 Å². The number of rotatable bonds is 6. The number of benzene rings is 2. The number of amides is 1. The molecular formula is C24H27NO6. The zero-order valence-electron chi connectivity index (χ0n) is 17.8. The SMILES string of the molecule is COc1ccc(C(=O)C2CC3COCC(C2)N3C(=O)OCc2ccccc2)c(OC)c1. The lowest BCUT2D eigenvalue weighted by Gasteiger charge is -2.47. The van der Waals surface area contributed by atoms with Gasteiger partial charge in [0.25, 0.3) is 0 Å². The third-order valence-corrected chi connectivity index (χ3v) is 5.98. The molecule has 31 heavy (non-hydrogen) atoms. The van der Waals surface area contributed by atoms with Crippen molar-refractivity contribution in [2.75, 3.05) is 27.4 Å². The maximum Gasteiger partial charge on any atom is 0.410 e. The molecular weight excluding hydrogens is 398 g/mol. The number of ketones is 1. The summed E-state index contributed by atoms with van der Waals surface area (Å²) in [6.07, 6.45) is 0.714. The predicted octanol–water partition coefficient (Wildman–Crippen LogP) is 3.70. The van der Waals surface area contributed by atoms with Crippen molar-refractivity contribution < 1.29 is 28.5 Å². The number of hydrogen-bond acceptors (Lipinski definition) is 6. The molecule has 4 rings (SSSR count). The Hall–Kier alpha value is -3.06. The summed E-state index contributed by atoms with van der Waals surface area (Å²) in [5.74, 6) is 0.943. The normalized spacial score (nSPS) is 22.5. The smallest absolute Gasteiger partial charge is 0.410 e. The minimum absolute atomic E-state index is 0.0219. The Morgan fingerprint density at radius 3 is 2.35 bits per heavy atom. The number of carbonyl (C=O) groups is 2. The standard InChI is InChI=1S/C24H27NO6/c1-28-20-8-9-21(22(12-20)29-2)23(26)17-10-18-14-30-15-19(11-17)25(18)24(27)31-13-16-6-4-3-5-7-16/h3-9,12,17-19H,10-11,13-15H2,1-2H3. The van der Waals surface area contributed by atoms with E-state index in [-0.39, 0.29) is 36.5 Å². The highest BCUT2D eigenvalue weighted by atomic mass is 16.6. The van der Waals surface area contributed by atoms with Gasteiger partial charge >= 0.3 is 6.09 Å². The molecule has 2 aliphatic rings. The minimum Gasteiger partial charge on any atom is -0.497 e. The van der Waals surface area contributed by atoms with Crippen molar-refractivity contribution in [2.45, 2.75) is 31.5 Å². The number of fused-ring (bicyclic) bond motifs is 2. The van der Waals surface area contributed by atoms with E-state index in [0.29, 0.717) is 43.1 Å². The van der Waals surface area contributed by atoms with Gasteiger partial charge in [0, 0.05) is 12.0 Å². The molecule has 2 atom stereocenters. The van der Waals surface area contributed by atoms with Crippen LogP contribution in [-0.2, 0) is 16.1 Å². The Kier molecular flexibility index (Phi) is 6.42. The van der Waals surface area contributed by atoms with Crippen molar-refractivity contribution in [1.82, 2.24) is 4.90 Å². The number of morpholine rings is 1. The highest BCUT2D eigenvalue weighted by Crippen LogP contribution is 2.36. The minimum atomic E-state index is -0.352. The van der Waals surface area contributed by atoms with Gasteiger partial charge in [-0.25, -0.2) is 4.79 Å². The monoisotopic (exact) mass is 425 g/mol. The van der Waals surface area contributed by atoms with E-state index >= 15 is 0 Å². The van der Waals surface area contributed by atoms with Crippen LogP contribution in [0.3, 0.4) is 0 Å². The van der Waals surface area contributed by atoms with Crippen molar-refractivity contribution in [3.63, 3.8) is 0 Å². The van der Waals surface area contributed by atoms with Gasteiger partial charge in [0.15, 0.2) is 5.78 Å². The van der Waals surface area contributed by atoms with Crippen LogP contribution in [-0.4, -0.2) is 56.3 Å². The van der Waals surface area contributed by atoms with Gasteiger partial charge in [-0.2, -0.15) is 0 Å². The molecule has 0 aliphatic carbocycles. The average Bonchev–Trinajstić information content (AvgIpc) is 2.81. The lowest BCUT2D eigenvalue weighted by atomic mass is 9.80. The zero-order chi connectivity index (χ0) is 21.8. The summed E-state index contributed by atoms with van der Waals surface area (Å²) >= 11 is 0. The number of ether oxygens (including phenoxy) is 4. The molecule has 7 heteroatoms. The molecule has 2 unspecified atom stereocenters. The summed E-state index contributed by atoms with van der Waals surface area (Å²) in [6, 6.07) is 14.4. The summed E-state index contributed by atoms with van der Waals surface area (Å²) in [4.78, 5) is 27.9. The van der Waals surface area contributed by atoms with Crippen LogP contribution in [0.2, 0.25) is 0 Å². The van der Waals surface area contributed by atoms with Crippen LogP contribution in [0.4, 0.5) is 4.79 Å². The number of Topliss-reactive ketones (excluding diaryl/α,β-unsaturated/α-hetero) is 1. The van der Waals surface area contributed by atoms with Crippen molar-refractivity contribution >= 4 is 11.9 Å². The second-order valence-corrected chi connectivity index (χ2v) is 7.89. The fourth-order valence-corrected chi connectivity index (χ4v) is 4.44. The van der Waals surface area contributed by atoms with Gasteiger partial charge in [0.1, 0.15) is 18.1 Å². The first-order chi connectivity index (χ1) is 15.1. The summed E-state index contributed by atoms with van der Waals surface area (Å²) in [5.41, 5.74) is 1.47. The van der Waals surface area contributed by atoms with Crippen LogP contribution in [0.5, 0.6) is 11.5 Å². The molecule has 2 bridgehead atoms. The molecule has 164 valence electrons. The fourth-order valence-electron chi connectivity index (χ4n) is 4.44. The largest absolute Gasteiger partial charge is 0.497 e. The van der Waals surface area contributed by atoms with Crippen molar-refractivity contribution in [3.8, 4) is 11.5 Å². The van der Waals surface area contributed by atoms with E-state index < -0.39 is 0 Å². The Morgan fingerprint density at radius 1 is 1.00 bits per heavy atom. The van der Waals surface area contributed by atoms with E-state index in [2.05, 4.69) is 0 Å². The van der Waals surface area contributed by atoms with E-state index in [0.717, 1.165) is 5.56 Å². The predicted molar refractivity (Wildman–Crippen MR) is 113 cm³/mol. The molecule has 7 nitrogen and oxygen atoms in total. The summed E-state index contributed by atoms with van der Waals surface area (Å²) < 4.78 is 21.9. The second kappa shape index (κ2) is 9.39. The first-order valence-corrected chi connectivity index (χ1v) is 10.4. The van der Waals surface area contributed by atoms with Gasteiger partial charge in [0.2, 0.25) is 0 Å². The Morgan fingerprint density at radius 2 is 1.71 bits per heavy atom. The molecule has 0 aromatic heterocycles. The number of methoxy groups -OCH3 is 2. The summed E-state index contributed by atoms with van der Waals surface area (Å²) in [7, 11) is 3.11. The average molecular weight is 425 g/mol. The van der Waals surface area contributed by atoms with Crippen molar-refractivity contribution in [3.05, 3.63) is 59.7 Å². The van der Waals surface area contributed by atoms with Gasteiger partial charge < -0.3 is 18.9 Å². The van der Waals surface area contributed by atoms with Crippen LogP contribution in [0, 0.1) is 5.92 Å². The van der Waals surface area contributed by atoms with E-state index in [4.69, 9.17) is 18.9 Å². The molecule has 1 amide bonds. The first-order valence-electron chi connectivity index (χ1n) is 10.4. The van der Waals surface area contributed by atoms with Gasteiger partial charge in [-0.3, -0.25) is 9.69 Å². The van der Waals surface area contributed by atoms with Gasteiger partial charge in [0.05, 0.1) is 45.1 Å². The Balaban J connectivity index is 1.45. The second-order valence-electron chi connectivity index (χ2n) is 7.89. The number of carbonyl (C=O) groups excluding carboxylic acids is 2. The van der Waals surface area contributed by atoms with Crippen LogP contribution < -0.4 is 9.47 Å². The van der Waals surface area contributed by atoms with Crippen molar-refractivity contribution in [2.24, 2.45) is 5.92 Å². The first kappa shape index (κ1) is 21.2. The quantitative estimate of drug-likeness (QED) is 0.657. The molecule has 2 aromatic carbocycles. The van der Waals surface area contributed by atoms with Crippen LogP contribution >= 0.6 is 0 Å². The topological polar surface area (TPSA) is 74.3 Å². The van der Waals surface area contributed by atoms with Crippen LogP contribution in [0.1, 0.15) is 28.8 Å². The molecule has 2 fully saturated rings. The molecule has 0 radical (unpaired) electrons. The maximum absolute atomic E-state index is 13.3. The molecule has 0 spiro atoms. The molecule has 2 saturated heterocycles. The lowest BCUT2D eigenvalue weighted by Crippen LogP contribution is -2.59. The maximum atomic E-state index is 13.3. The highest BCUT2D eigenvalue weighted by Gasteiger charge is 2.44. The van der Waals surface area contributed by atoms with E-state index in [9.17, 15) is 9.59 Å². The summed E-state index contributed by atoms with van der Waals surface area (Å²) in [6.45, 7) is 1.03. The molecule has 2 aliphatic heterocycles. The molecule has 0 saturated carbocycles. The molecule has 2 heterocycles. The van der Waals surface area contributed by atoms with Gasteiger partial charge in [-0.15, -0.1) is 0 Å². The van der Waals surface area contributed by atoms with Crippen LogP contribution in [0.25, 0.3) is 0 Å². The fraction of sp³-hybridized carbons (Fsp3) is 0.417. The van der Waals surface area contributed by atoms with E-state index in [1.165, 1.54) is 0 Å². The van der Waals surface area contributed by atoms with Crippen molar-refractivity contribution in [1.29, 1.82) is 0 Å². The molecule has 0 N–H and O–H groups in total. The third-order valence-electron chi connectivity index (χ3n) is 5.98. The van der Waals surface area contributed by atoms with Crippen LogP contribution in [0.15, 0.2) is 48.5 Å². The lowest BCUT2D eigenvalue weighted by molar-refractivity contribution is -0.0755. The Labute approximate surface area is 181 Å². The van der Waals surface area contributed by atoms with E-state index in [1.807, 2.05) is 30.3 Å². The number of hydrogen-bond donors (Lipinski definition) is 0. The van der Waals surface area contributed by atoms with Gasteiger partial charge in [-0.1, -0.05) is 30.3 Å². The highest BCUT2D eigenvalue weighted by molar-refractivity contribution is 6.00. The van der Waals surface area contributed by atoms with Gasteiger partial charge in [-0.05, 0) is 30.5 Å². The number of piperidine rings is 1. The zero-order valence-corrected chi connectivity index (χ0v) is 17.8. The number of nitrogens with zero attached hydrogens (tertiary/aromatic N) is 1.